The minimum absolute atomic E-state index is 0.0159. The molecule has 5 heteroatoms. The number of carbonyl (C=O) groups excluding carboxylic acids is 1. The minimum atomic E-state index is -0.0925. The molecule has 3 aromatic rings. The van der Waals surface area contributed by atoms with Gasteiger partial charge in [0.25, 0.3) is 0 Å². The van der Waals surface area contributed by atoms with Crippen LogP contribution in [-0.2, 0) is 0 Å². The minimum Gasteiger partial charge on any atom is -0.293 e. The highest BCUT2D eigenvalue weighted by atomic mass is 35.5. The second-order valence-corrected chi connectivity index (χ2v) is 4.77. The number of benzene rings is 2. The highest BCUT2D eigenvalue weighted by Gasteiger charge is 2.09. The zero-order chi connectivity index (χ0) is 14.7. The van der Waals surface area contributed by atoms with Gasteiger partial charge in [0.05, 0.1) is 23.5 Å². The molecule has 0 amide bonds. The Morgan fingerprint density at radius 2 is 1.76 bits per heavy atom. The molecular weight excluding hydrogens is 286 g/mol. The van der Waals surface area contributed by atoms with Crippen molar-refractivity contribution in [3.05, 3.63) is 66.4 Å². The third kappa shape index (κ3) is 2.71. The second kappa shape index (κ2) is 5.89. The van der Waals surface area contributed by atoms with Crippen LogP contribution in [0.25, 0.3) is 16.9 Å². The summed E-state index contributed by atoms with van der Waals surface area (Å²) in [6.45, 7) is 0. The number of alkyl halides is 1. The normalized spacial score (nSPS) is 10.5. The Morgan fingerprint density at radius 3 is 2.43 bits per heavy atom. The van der Waals surface area contributed by atoms with E-state index in [1.54, 1.807) is 23.0 Å². The van der Waals surface area contributed by atoms with Crippen molar-refractivity contribution >= 4 is 17.4 Å². The zero-order valence-corrected chi connectivity index (χ0v) is 11.9. The lowest BCUT2D eigenvalue weighted by atomic mass is 10.1. The Bertz CT molecular complexity index is 751. The van der Waals surface area contributed by atoms with Gasteiger partial charge in [-0.3, -0.25) is 4.79 Å². The summed E-state index contributed by atoms with van der Waals surface area (Å²) < 4.78 is 1.74. The van der Waals surface area contributed by atoms with E-state index < -0.39 is 0 Å². The van der Waals surface area contributed by atoms with E-state index >= 15 is 0 Å². The largest absolute Gasteiger partial charge is 0.293 e. The highest BCUT2D eigenvalue weighted by Crippen LogP contribution is 2.21. The summed E-state index contributed by atoms with van der Waals surface area (Å²) in [5.74, 6) is -0.108. The van der Waals surface area contributed by atoms with Crippen molar-refractivity contribution in [3.63, 3.8) is 0 Å². The van der Waals surface area contributed by atoms with Crippen LogP contribution in [0.2, 0.25) is 0 Å². The van der Waals surface area contributed by atoms with Gasteiger partial charge in [0.2, 0.25) is 0 Å². The van der Waals surface area contributed by atoms with E-state index in [-0.39, 0.29) is 11.7 Å². The number of Topliss-reactive ketones (excluding diaryl/α,β-unsaturated/α-hetero) is 1. The molecule has 104 valence electrons. The lowest BCUT2D eigenvalue weighted by Crippen LogP contribution is -2.03. The number of ketones is 1. The maximum Gasteiger partial charge on any atom is 0.177 e. The first-order chi connectivity index (χ1) is 10.3. The lowest BCUT2D eigenvalue weighted by molar-refractivity contribution is 0.102. The Hall–Kier alpha value is -2.46. The van der Waals surface area contributed by atoms with E-state index in [1.165, 1.54) is 0 Å². The van der Waals surface area contributed by atoms with Crippen LogP contribution in [-0.4, -0.2) is 26.7 Å². The van der Waals surface area contributed by atoms with Crippen LogP contribution < -0.4 is 0 Å². The van der Waals surface area contributed by atoms with Gasteiger partial charge in [-0.1, -0.05) is 35.5 Å². The topological polar surface area (TPSA) is 47.8 Å². The fourth-order valence-corrected chi connectivity index (χ4v) is 2.25. The summed E-state index contributed by atoms with van der Waals surface area (Å²) in [5.41, 5.74) is 3.36. The van der Waals surface area contributed by atoms with Crippen molar-refractivity contribution in [2.75, 3.05) is 5.88 Å². The molecule has 0 atom stereocenters. The highest BCUT2D eigenvalue weighted by molar-refractivity contribution is 6.30. The van der Waals surface area contributed by atoms with Gasteiger partial charge in [0.15, 0.2) is 5.78 Å². The summed E-state index contributed by atoms with van der Waals surface area (Å²) in [6.07, 6.45) is 1.72. The first kappa shape index (κ1) is 13.5. The van der Waals surface area contributed by atoms with Gasteiger partial charge < -0.3 is 0 Å². The van der Waals surface area contributed by atoms with Crippen LogP contribution in [0.1, 0.15) is 10.4 Å². The SMILES string of the molecule is O=C(CCl)c1ccc(-n2nncc2-c2ccccc2)cc1. The molecular formula is C16H12ClN3O. The summed E-state index contributed by atoms with van der Waals surface area (Å²) >= 11 is 5.55. The van der Waals surface area contributed by atoms with Gasteiger partial charge in [0.1, 0.15) is 0 Å². The van der Waals surface area contributed by atoms with Gasteiger partial charge in [-0.15, -0.1) is 16.7 Å². The number of nitrogens with zero attached hydrogens (tertiary/aromatic N) is 3. The number of hydrogen-bond donors (Lipinski definition) is 0. The Kier molecular flexibility index (Phi) is 3.79. The summed E-state index contributed by atoms with van der Waals surface area (Å²) in [7, 11) is 0. The number of halogens is 1. The first-order valence-corrected chi connectivity index (χ1v) is 6.99. The van der Waals surface area contributed by atoms with E-state index in [2.05, 4.69) is 10.3 Å². The predicted molar refractivity (Wildman–Crippen MR) is 81.8 cm³/mol. The summed E-state index contributed by atoms with van der Waals surface area (Å²) in [5, 5.41) is 8.09. The molecule has 4 nitrogen and oxygen atoms in total. The molecule has 1 aromatic heterocycles. The quantitative estimate of drug-likeness (QED) is 0.548. The first-order valence-electron chi connectivity index (χ1n) is 6.45. The number of rotatable bonds is 4. The molecule has 0 saturated heterocycles. The van der Waals surface area contributed by atoms with Gasteiger partial charge in [0, 0.05) is 11.1 Å². The third-order valence-electron chi connectivity index (χ3n) is 3.17. The predicted octanol–water partition coefficient (Wildman–Crippen LogP) is 3.36. The molecule has 0 bridgehead atoms. The molecule has 0 aliphatic heterocycles. The van der Waals surface area contributed by atoms with Gasteiger partial charge in [-0.05, 0) is 24.3 Å². The van der Waals surface area contributed by atoms with Crippen LogP contribution in [0.3, 0.4) is 0 Å². The van der Waals surface area contributed by atoms with E-state index in [0.717, 1.165) is 16.9 Å². The lowest BCUT2D eigenvalue weighted by Gasteiger charge is -2.07. The maximum absolute atomic E-state index is 11.5. The van der Waals surface area contributed by atoms with Gasteiger partial charge in [-0.25, -0.2) is 4.68 Å². The molecule has 0 aliphatic carbocycles. The molecule has 0 radical (unpaired) electrons. The van der Waals surface area contributed by atoms with Crippen molar-refractivity contribution in [1.82, 2.24) is 15.0 Å². The Balaban J connectivity index is 1.99. The van der Waals surface area contributed by atoms with Gasteiger partial charge in [-0.2, -0.15) is 0 Å². The van der Waals surface area contributed by atoms with Crippen LogP contribution in [0.5, 0.6) is 0 Å². The van der Waals surface area contributed by atoms with Crippen molar-refractivity contribution in [1.29, 1.82) is 0 Å². The molecule has 0 saturated carbocycles. The summed E-state index contributed by atoms with van der Waals surface area (Å²) in [6, 6.07) is 17.1. The smallest absolute Gasteiger partial charge is 0.177 e. The number of carbonyl (C=O) groups is 1. The number of aromatic nitrogens is 3. The number of hydrogen-bond acceptors (Lipinski definition) is 3. The van der Waals surface area contributed by atoms with Crippen molar-refractivity contribution in [3.8, 4) is 16.9 Å². The monoisotopic (exact) mass is 297 g/mol. The fraction of sp³-hybridized carbons (Fsp3) is 0.0625. The average Bonchev–Trinajstić information content (AvgIpc) is 3.04. The van der Waals surface area contributed by atoms with E-state index in [4.69, 9.17) is 11.6 Å². The average molecular weight is 298 g/mol. The molecule has 0 aliphatic rings. The molecule has 0 spiro atoms. The van der Waals surface area contributed by atoms with Gasteiger partial charge >= 0.3 is 0 Å². The standard InChI is InChI=1S/C16H12ClN3O/c17-10-16(21)13-6-8-14(9-7-13)20-15(11-18-19-20)12-4-2-1-3-5-12/h1-9,11H,10H2. The molecule has 1 heterocycles. The van der Waals surface area contributed by atoms with Crippen LogP contribution in [0.15, 0.2) is 60.8 Å². The van der Waals surface area contributed by atoms with E-state index in [0.29, 0.717) is 5.56 Å². The van der Waals surface area contributed by atoms with Crippen molar-refractivity contribution < 1.29 is 4.79 Å². The molecule has 3 rings (SSSR count). The second-order valence-electron chi connectivity index (χ2n) is 4.50. The van der Waals surface area contributed by atoms with E-state index in [9.17, 15) is 4.79 Å². The molecule has 0 unspecified atom stereocenters. The third-order valence-corrected chi connectivity index (χ3v) is 3.42. The van der Waals surface area contributed by atoms with Crippen LogP contribution in [0, 0.1) is 0 Å². The molecule has 0 N–H and O–H groups in total. The maximum atomic E-state index is 11.5. The fourth-order valence-electron chi connectivity index (χ4n) is 2.10. The molecule has 0 fully saturated rings. The zero-order valence-electron chi connectivity index (χ0n) is 11.1. The molecule has 21 heavy (non-hydrogen) atoms. The Labute approximate surface area is 127 Å². The van der Waals surface area contributed by atoms with E-state index in [1.807, 2.05) is 42.5 Å². The van der Waals surface area contributed by atoms with Crippen molar-refractivity contribution in [2.45, 2.75) is 0 Å². The molecule has 2 aromatic carbocycles. The summed E-state index contributed by atoms with van der Waals surface area (Å²) in [4.78, 5) is 11.5. The van der Waals surface area contributed by atoms with Crippen molar-refractivity contribution in [2.24, 2.45) is 0 Å². The van der Waals surface area contributed by atoms with Crippen LogP contribution in [0.4, 0.5) is 0 Å². The Morgan fingerprint density at radius 1 is 1.05 bits per heavy atom. The van der Waals surface area contributed by atoms with Crippen LogP contribution >= 0.6 is 11.6 Å².